The van der Waals surface area contributed by atoms with Crippen LogP contribution in [0.15, 0.2) is 60.7 Å². The number of carbonyl (C=O) groups is 4. The normalized spacial score (nSPS) is 17.4. The van der Waals surface area contributed by atoms with Crippen LogP contribution < -0.4 is 4.90 Å². The van der Waals surface area contributed by atoms with E-state index >= 15 is 0 Å². The van der Waals surface area contributed by atoms with Crippen LogP contribution in [0.5, 0.6) is 0 Å². The number of likely N-dealkylation sites (tertiary alicyclic amines) is 1. The molecule has 9 heteroatoms. The molecule has 3 aliphatic heterocycles. The highest BCUT2D eigenvalue weighted by atomic mass is 16.4. The molecule has 0 atom stereocenters. The molecule has 0 bridgehead atoms. The largest absolute Gasteiger partial charge is 0.478 e. The van der Waals surface area contributed by atoms with Crippen LogP contribution in [-0.2, 0) is 27.3 Å². The van der Waals surface area contributed by atoms with Crippen molar-refractivity contribution >= 4 is 29.4 Å². The lowest BCUT2D eigenvalue weighted by atomic mass is 9.96. The average molecular weight is 506 g/mol. The van der Waals surface area contributed by atoms with Crippen molar-refractivity contribution in [2.24, 2.45) is 5.92 Å². The average Bonchev–Trinajstić information content (AvgIpc) is 3.46. The van der Waals surface area contributed by atoms with E-state index in [9.17, 15) is 19.2 Å². The fourth-order valence-corrected chi connectivity index (χ4v) is 5.12. The monoisotopic (exact) mass is 505 g/mol. The van der Waals surface area contributed by atoms with Gasteiger partial charge in [0.1, 0.15) is 0 Å². The van der Waals surface area contributed by atoms with E-state index in [4.69, 9.17) is 10.2 Å². The topological polar surface area (TPSA) is 118 Å². The summed E-state index contributed by atoms with van der Waals surface area (Å²) < 4.78 is 0. The van der Waals surface area contributed by atoms with E-state index in [0.29, 0.717) is 24.6 Å². The van der Waals surface area contributed by atoms with E-state index < -0.39 is 11.9 Å². The number of rotatable bonds is 6. The van der Waals surface area contributed by atoms with Crippen molar-refractivity contribution in [1.29, 1.82) is 0 Å². The van der Waals surface area contributed by atoms with Crippen LogP contribution in [0.4, 0.5) is 5.69 Å². The van der Waals surface area contributed by atoms with Crippen LogP contribution in [0.2, 0.25) is 0 Å². The molecule has 194 valence electrons. The van der Waals surface area contributed by atoms with Crippen LogP contribution in [0.1, 0.15) is 34.3 Å². The molecule has 0 aromatic heterocycles. The molecule has 3 heterocycles. The molecule has 5 rings (SSSR count). The highest BCUT2D eigenvalue weighted by Crippen LogP contribution is 2.29. The molecule has 2 N–H and O–H groups in total. The molecular formula is C28H31N3O6. The molecule has 37 heavy (non-hydrogen) atoms. The van der Waals surface area contributed by atoms with Gasteiger partial charge in [-0.05, 0) is 61.5 Å². The number of benzene rings is 2. The molecule has 9 nitrogen and oxygen atoms in total. The summed E-state index contributed by atoms with van der Waals surface area (Å²) in [6.07, 6.45) is 4.16. The van der Waals surface area contributed by atoms with Gasteiger partial charge in [-0.2, -0.15) is 0 Å². The maximum absolute atomic E-state index is 12.8. The SMILES string of the molecule is O=C(O)C=CC(=O)O.O=C1c2ccccc2CN1CC1CCN(CC(=O)N2CCc3ccccc32)CC1. The van der Waals surface area contributed by atoms with Gasteiger partial charge in [-0.25, -0.2) is 9.59 Å². The zero-order valence-corrected chi connectivity index (χ0v) is 20.6. The first kappa shape index (κ1) is 26.1. The minimum absolute atomic E-state index is 0.172. The summed E-state index contributed by atoms with van der Waals surface area (Å²) in [7, 11) is 0. The first-order chi connectivity index (χ1) is 17.8. The summed E-state index contributed by atoms with van der Waals surface area (Å²) in [4.78, 5) is 50.8. The second-order valence-corrected chi connectivity index (χ2v) is 9.50. The lowest BCUT2D eigenvalue weighted by Crippen LogP contribution is -2.44. The summed E-state index contributed by atoms with van der Waals surface area (Å²) >= 11 is 0. The number of amides is 2. The zero-order chi connectivity index (χ0) is 26.4. The Morgan fingerprint density at radius 2 is 1.49 bits per heavy atom. The van der Waals surface area contributed by atoms with Crippen LogP contribution in [0.25, 0.3) is 0 Å². The molecule has 2 aromatic rings. The van der Waals surface area contributed by atoms with Gasteiger partial charge >= 0.3 is 11.9 Å². The number of nitrogens with zero attached hydrogens (tertiary/aromatic N) is 3. The Morgan fingerprint density at radius 3 is 2.14 bits per heavy atom. The lowest BCUT2D eigenvalue weighted by Gasteiger charge is -2.34. The smallest absolute Gasteiger partial charge is 0.328 e. The van der Waals surface area contributed by atoms with Crippen molar-refractivity contribution in [3.63, 3.8) is 0 Å². The molecule has 0 aliphatic carbocycles. The highest BCUT2D eigenvalue weighted by Gasteiger charge is 2.31. The number of hydrogen-bond donors (Lipinski definition) is 2. The number of carboxylic acids is 2. The summed E-state index contributed by atoms with van der Waals surface area (Å²) in [5, 5.41) is 15.6. The van der Waals surface area contributed by atoms with Gasteiger partial charge in [0.25, 0.3) is 5.91 Å². The van der Waals surface area contributed by atoms with Crippen LogP contribution in [0, 0.1) is 5.92 Å². The molecule has 0 radical (unpaired) electrons. The van der Waals surface area contributed by atoms with E-state index in [2.05, 4.69) is 23.1 Å². The molecule has 1 fully saturated rings. The van der Waals surface area contributed by atoms with Crippen LogP contribution >= 0.6 is 0 Å². The fraction of sp³-hybridized carbons (Fsp3) is 0.357. The third-order valence-electron chi connectivity index (χ3n) is 7.00. The third-order valence-corrected chi connectivity index (χ3v) is 7.00. The molecule has 0 saturated carbocycles. The third kappa shape index (κ3) is 6.62. The second kappa shape index (κ2) is 11.8. The van der Waals surface area contributed by atoms with Gasteiger partial charge in [0, 0.05) is 43.0 Å². The Kier molecular flexibility index (Phi) is 8.35. The summed E-state index contributed by atoms with van der Waals surface area (Å²) in [5.74, 6) is -1.61. The van der Waals surface area contributed by atoms with E-state index in [1.165, 1.54) is 5.56 Å². The number of fused-ring (bicyclic) bond motifs is 2. The van der Waals surface area contributed by atoms with Crippen molar-refractivity contribution in [2.75, 3.05) is 37.6 Å². The summed E-state index contributed by atoms with van der Waals surface area (Å²) in [6.45, 7) is 4.72. The van der Waals surface area contributed by atoms with Gasteiger partial charge in [-0.1, -0.05) is 36.4 Å². The Labute approximate surface area is 215 Å². The fourth-order valence-electron chi connectivity index (χ4n) is 5.12. The van der Waals surface area contributed by atoms with E-state index in [1.54, 1.807) is 0 Å². The minimum atomic E-state index is -1.26. The summed E-state index contributed by atoms with van der Waals surface area (Å²) in [6, 6.07) is 16.2. The lowest BCUT2D eigenvalue weighted by molar-refractivity contribution is -0.134. The van der Waals surface area contributed by atoms with Crippen molar-refractivity contribution < 1.29 is 29.4 Å². The van der Waals surface area contributed by atoms with Crippen LogP contribution in [-0.4, -0.2) is 76.5 Å². The molecule has 2 aromatic carbocycles. The quantitative estimate of drug-likeness (QED) is 0.580. The Hall–Kier alpha value is -3.98. The number of piperidine rings is 1. The van der Waals surface area contributed by atoms with Crippen molar-refractivity contribution in [1.82, 2.24) is 9.80 Å². The van der Waals surface area contributed by atoms with Gasteiger partial charge < -0.3 is 20.0 Å². The number of carbonyl (C=O) groups excluding carboxylic acids is 2. The van der Waals surface area contributed by atoms with E-state index in [0.717, 1.165) is 68.8 Å². The molecule has 0 spiro atoms. The predicted molar refractivity (Wildman–Crippen MR) is 137 cm³/mol. The number of aliphatic carboxylic acids is 2. The van der Waals surface area contributed by atoms with Gasteiger partial charge in [0.15, 0.2) is 0 Å². The standard InChI is InChI=1S/C24H27N3O2.C4H4O4/c28-23(27-14-11-19-5-2-4-8-22(19)27)17-25-12-9-18(10-13-25)15-26-16-20-6-1-3-7-21(20)24(26)29;5-3(6)1-2-4(7)8/h1-8,18H,9-17H2;1-2H,(H,5,6)(H,7,8). The Bertz CT molecular complexity index is 1190. The Morgan fingerprint density at radius 1 is 0.865 bits per heavy atom. The first-order valence-electron chi connectivity index (χ1n) is 12.4. The highest BCUT2D eigenvalue weighted by molar-refractivity contribution is 5.98. The second-order valence-electron chi connectivity index (χ2n) is 9.50. The maximum Gasteiger partial charge on any atom is 0.328 e. The Balaban J connectivity index is 0.000000349. The van der Waals surface area contributed by atoms with Crippen molar-refractivity contribution in [2.45, 2.75) is 25.8 Å². The van der Waals surface area contributed by atoms with Gasteiger partial charge in [-0.3, -0.25) is 14.5 Å². The van der Waals surface area contributed by atoms with E-state index in [-0.39, 0.29) is 11.8 Å². The number of carboxylic acid groups (broad SMARTS) is 2. The van der Waals surface area contributed by atoms with Crippen molar-refractivity contribution in [3.05, 3.63) is 77.4 Å². The maximum atomic E-state index is 12.8. The van der Waals surface area contributed by atoms with Gasteiger partial charge in [0.05, 0.1) is 6.54 Å². The summed E-state index contributed by atoms with van der Waals surface area (Å²) in [5.41, 5.74) is 4.36. The number of anilines is 1. The van der Waals surface area contributed by atoms with Crippen molar-refractivity contribution in [3.8, 4) is 0 Å². The molecule has 3 aliphatic rings. The number of hydrogen-bond acceptors (Lipinski definition) is 5. The van der Waals surface area contributed by atoms with Gasteiger partial charge in [0.2, 0.25) is 5.91 Å². The molecule has 0 unspecified atom stereocenters. The van der Waals surface area contributed by atoms with E-state index in [1.807, 2.05) is 40.1 Å². The van der Waals surface area contributed by atoms with Gasteiger partial charge in [-0.15, -0.1) is 0 Å². The first-order valence-corrected chi connectivity index (χ1v) is 12.4. The molecular weight excluding hydrogens is 474 g/mol. The molecule has 1 saturated heterocycles. The molecule has 2 amide bonds. The minimum Gasteiger partial charge on any atom is -0.478 e. The van der Waals surface area contributed by atoms with Crippen LogP contribution in [0.3, 0.4) is 0 Å². The zero-order valence-electron chi connectivity index (χ0n) is 20.6. The predicted octanol–water partition coefficient (Wildman–Crippen LogP) is 2.66. The number of para-hydroxylation sites is 1.